The Morgan fingerprint density at radius 1 is 1.44 bits per heavy atom. The number of hydrogen-bond donors (Lipinski definition) is 1. The Morgan fingerprint density at radius 3 is 2.89 bits per heavy atom. The van der Waals surface area contributed by atoms with Crippen LogP contribution in [0.25, 0.3) is 0 Å². The van der Waals surface area contributed by atoms with Gasteiger partial charge in [0.1, 0.15) is 0 Å². The van der Waals surface area contributed by atoms with Gasteiger partial charge >= 0.3 is 0 Å². The van der Waals surface area contributed by atoms with Crippen molar-refractivity contribution in [3.05, 3.63) is 29.6 Å². The standard InChI is InChI=1S/C15H25N3/c1-12-6-5-7-17-13(12)11-18-9-8-16-10-14(18)15(2,3)4/h5-7,14,16H,8-11H2,1-4H3. The quantitative estimate of drug-likeness (QED) is 0.868. The fourth-order valence-electron chi connectivity index (χ4n) is 2.67. The number of nitrogens with zero attached hydrogens (tertiary/aromatic N) is 2. The first-order valence-electron chi connectivity index (χ1n) is 6.84. The van der Waals surface area contributed by atoms with E-state index in [9.17, 15) is 0 Å². The molecule has 1 aromatic rings. The highest BCUT2D eigenvalue weighted by Crippen LogP contribution is 2.26. The molecular weight excluding hydrogens is 222 g/mol. The van der Waals surface area contributed by atoms with E-state index in [1.807, 2.05) is 12.3 Å². The first kappa shape index (κ1) is 13.5. The summed E-state index contributed by atoms with van der Waals surface area (Å²) in [6, 6.07) is 4.74. The molecule has 18 heavy (non-hydrogen) atoms. The molecule has 1 N–H and O–H groups in total. The average molecular weight is 247 g/mol. The number of pyridine rings is 1. The topological polar surface area (TPSA) is 28.2 Å². The van der Waals surface area contributed by atoms with Crippen LogP contribution < -0.4 is 5.32 Å². The highest BCUT2D eigenvalue weighted by Gasteiger charge is 2.32. The number of aryl methyl sites for hydroxylation is 1. The molecule has 3 heteroatoms. The normalized spacial score (nSPS) is 22.1. The number of nitrogens with one attached hydrogen (secondary N) is 1. The molecule has 2 rings (SSSR count). The van der Waals surface area contributed by atoms with Gasteiger partial charge in [0, 0.05) is 38.4 Å². The van der Waals surface area contributed by atoms with Crippen molar-refractivity contribution >= 4 is 0 Å². The molecule has 0 radical (unpaired) electrons. The minimum atomic E-state index is 0.302. The highest BCUT2D eigenvalue weighted by molar-refractivity contribution is 5.17. The van der Waals surface area contributed by atoms with Crippen LogP contribution in [-0.2, 0) is 6.54 Å². The third kappa shape index (κ3) is 3.09. The summed E-state index contributed by atoms with van der Waals surface area (Å²) in [6.45, 7) is 13.4. The van der Waals surface area contributed by atoms with E-state index >= 15 is 0 Å². The van der Waals surface area contributed by atoms with E-state index in [1.165, 1.54) is 11.3 Å². The van der Waals surface area contributed by atoms with Crippen molar-refractivity contribution in [1.29, 1.82) is 0 Å². The lowest BCUT2D eigenvalue weighted by molar-refractivity contribution is 0.0677. The Bertz CT molecular complexity index is 395. The zero-order chi connectivity index (χ0) is 13.2. The Balaban J connectivity index is 2.13. The van der Waals surface area contributed by atoms with Gasteiger partial charge in [0.05, 0.1) is 5.69 Å². The van der Waals surface area contributed by atoms with Gasteiger partial charge in [-0.3, -0.25) is 9.88 Å². The summed E-state index contributed by atoms with van der Waals surface area (Å²) in [5.41, 5.74) is 2.81. The molecule has 0 bridgehead atoms. The smallest absolute Gasteiger partial charge is 0.0573 e. The van der Waals surface area contributed by atoms with Crippen LogP contribution in [0, 0.1) is 12.3 Å². The zero-order valence-electron chi connectivity index (χ0n) is 12.0. The van der Waals surface area contributed by atoms with E-state index < -0.39 is 0 Å². The molecule has 0 aliphatic carbocycles. The molecule has 1 aromatic heterocycles. The molecule has 0 saturated carbocycles. The lowest BCUT2D eigenvalue weighted by Gasteiger charge is -2.43. The molecule has 0 spiro atoms. The molecule has 0 aromatic carbocycles. The molecule has 1 fully saturated rings. The zero-order valence-corrected chi connectivity index (χ0v) is 12.0. The van der Waals surface area contributed by atoms with Crippen molar-refractivity contribution in [3.63, 3.8) is 0 Å². The Kier molecular flexibility index (Phi) is 4.03. The minimum absolute atomic E-state index is 0.302. The SMILES string of the molecule is Cc1cccnc1CN1CCNCC1C(C)(C)C. The number of piperazine rings is 1. The summed E-state index contributed by atoms with van der Waals surface area (Å²) >= 11 is 0. The number of rotatable bonds is 2. The van der Waals surface area contributed by atoms with Crippen molar-refractivity contribution in [1.82, 2.24) is 15.2 Å². The molecule has 100 valence electrons. The van der Waals surface area contributed by atoms with Gasteiger partial charge in [-0.15, -0.1) is 0 Å². The highest BCUT2D eigenvalue weighted by atomic mass is 15.2. The molecule has 1 unspecified atom stereocenters. The molecule has 2 heterocycles. The van der Waals surface area contributed by atoms with E-state index in [0.29, 0.717) is 11.5 Å². The van der Waals surface area contributed by atoms with Crippen molar-refractivity contribution in [3.8, 4) is 0 Å². The van der Waals surface area contributed by atoms with Crippen LogP contribution in [0.15, 0.2) is 18.3 Å². The largest absolute Gasteiger partial charge is 0.314 e. The molecule has 0 amide bonds. The Labute approximate surface area is 111 Å². The van der Waals surface area contributed by atoms with Crippen LogP contribution in [-0.4, -0.2) is 35.6 Å². The summed E-state index contributed by atoms with van der Waals surface area (Å²) in [4.78, 5) is 7.10. The van der Waals surface area contributed by atoms with Crippen molar-refractivity contribution < 1.29 is 0 Å². The van der Waals surface area contributed by atoms with Crippen molar-refractivity contribution in [2.45, 2.75) is 40.3 Å². The number of hydrogen-bond acceptors (Lipinski definition) is 3. The van der Waals surface area contributed by atoms with Crippen LogP contribution in [0.4, 0.5) is 0 Å². The predicted octanol–water partition coefficient (Wildman–Crippen LogP) is 2.21. The minimum Gasteiger partial charge on any atom is -0.314 e. The molecule has 3 nitrogen and oxygen atoms in total. The summed E-state index contributed by atoms with van der Waals surface area (Å²) in [7, 11) is 0. The van der Waals surface area contributed by atoms with E-state index in [4.69, 9.17) is 0 Å². The lowest BCUT2D eigenvalue weighted by Crippen LogP contribution is -2.56. The van der Waals surface area contributed by atoms with Gasteiger partial charge < -0.3 is 5.32 Å². The second kappa shape index (κ2) is 5.37. The van der Waals surface area contributed by atoms with Crippen LogP contribution in [0.1, 0.15) is 32.0 Å². The first-order valence-corrected chi connectivity index (χ1v) is 6.84. The van der Waals surface area contributed by atoms with Gasteiger partial charge in [-0.05, 0) is 24.0 Å². The molecule has 1 aliphatic rings. The Hall–Kier alpha value is -0.930. The predicted molar refractivity (Wildman–Crippen MR) is 75.5 cm³/mol. The molecule has 1 aliphatic heterocycles. The second-order valence-electron chi connectivity index (χ2n) is 6.32. The maximum Gasteiger partial charge on any atom is 0.0573 e. The maximum atomic E-state index is 4.53. The van der Waals surface area contributed by atoms with Gasteiger partial charge in [0.15, 0.2) is 0 Å². The van der Waals surface area contributed by atoms with Crippen LogP contribution in [0.5, 0.6) is 0 Å². The maximum absolute atomic E-state index is 4.53. The average Bonchev–Trinajstić information content (AvgIpc) is 2.31. The third-order valence-corrected chi connectivity index (χ3v) is 3.82. The summed E-state index contributed by atoms with van der Waals surface area (Å²) in [5.74, 6) is 0. The fourth-order valence-corrected chi connectivity index (χ4v) is 2.67. The number of aromatic nitrogens is 1. The molecule has 1 atom stereocenters. The van der Waals surface area contributed by atoms with Gasteiger partial charge in [0.25, 0.3) is 0 Å². The van der Waals surface area contributed by atoms with Crippen LogP contribution in [0.2, 0.25) is 0 Å². The van der Waals surface area contributed by atoms with Gasteiger partial charge in [-0.25, -0.2) is 0 Å². The third-order valence-electron chi connectivity index (χ3n) is 3.82. The monoisotopic (exact) mass is 247 g/mol. The van der Waals surface area contributed by atoms with E-state index in [-0.39, 0.29) is 0 Å². The van der Waals surface area contributed by atoms with Crippen LogP contribution >= 0.6 is 0 Å². The second-order valence-corrected chi connectivity index (χ2v) is 6.32. The van der Waals surface area contributed by atoms with E-state index in [1.54, 1.807) is 0 Å². The molecule has 1 saturated heterocycles. The Morgan fingerprint density at radius 2 is 2.22 bits per heavy atom. The van der Waals surface area contributed by atoms with E-state index in [2.05, 4.69) is 49.0 Å². The van der Waals surface area contributed by atoms with Crippen molar-refractivity contribution in [2.75, 3.05) is 19.6 Å². The summed E-state index contributed by atoms with van der Waals surface area (Å²) in [5, 5.41) is 3.51. The summed E-state index contributed by atoms with van der Waals surface area (Å²) in [6.07, 6.45) is 1.90. The van der Waals surface area contributed by atoms with Crippen LogP contribution in [0.3, 0.4) is 0 Å². The first-order chi connectivity index (χ1) is 8.48. The fraction of sp³-hybridized carbons (Fsp3) is 0.667. The molecular formula is C15H25N3. The lowest BCUT2D eigenvalue weighted by atomic mass is 9.84. The van der Waals surface area contributed by atoms with Gasteiger partial charge in [-0.2, -0.15) is 0 Å². The van der Waals surface area contributed by atoms with Crippen molar-refractivity contribution in [2.24, 2.45) is 5.41 Å². The van der Waals surface area contributed by atoms with Gasteiger partial charge in [0.2, 0.25) is 0 Å². The van der Waals surface area contributed by atoms with Gasteiger partial charge in [-0.1, -0.05) is 26.8 Å². The summed E-state index contributed by atoms with van der Waals surface area (Å²) < 4.78 is 0. The van der Waals surface area contributed by atoms with E-state index in [0.717, 1.165) is 26.2 Å².